The van der Waals surface area contributed by atoms with E-state index in [2.05, 4.69) is 48.5 Å². The molecule has 0 spiro atoms. The molecule has 1 N–H and O–H groups in total. The zero-order chi connectivity index (χ0) is 28.6. The number of phenols is 1. The van der Waals surface area contributed by atoms with Crippen LogP contribution in [0.15, 0.2) is 12.1 Å². The highest BCUT2D eigenvalue weighted by molar-refractivity contribution is 5.76. The second kappa shape index (κ2) is 18.0. The third-order valence-corrected chi connectivity index (χ3v) is 7.85. The van der Waals surface area contributed by atoms with Gasteiger partial charge in [-0.2, -0.15) is 0 Å². The molecular weight excluding hydrogens is 468 g/mol. The van der Waals surface area contributed by atoms with Crippen LogP contribution in [0.25, 0.3) is 0 Å². The van der Waals surface area contributed by atoms with Gasteiger partial charge in [-0.15, -0.1) is 0 Å². The van der Waals surface area contributed by atoms with Crippen molar-refractivity contribution in [3.05, 3.63) is 23.3 Å². The van der Waals surface area contributed by atoms with E-state index in [0.717, 1.165) is 24.0 Å². The molecule has 1 aromatic rings. The Morgan fingerprint density at radius 1 is 0.711 bits per heavy atom. The molecule has 0 saturated heterocycles. The number of carbonyl (C=O) groups excluding carboxylic acids is 1. The van der Waals surface area contributed by atoms with Crippen LogP contribution in [0.5, 0.6) is 11.5 Å². The highest BCUT2D eigenvalue weighted by Crippen LogP contribution is 2.41. The van der Waals surface area contributed by atoms with Crippen LogP contribution >= 0.6 is 0 Å². The van der Waals surface area contributed by atoms with Crippen LogP contribution in [0.4, 0.5) is 0 Å². The van der Waals surface area contributed by atoms with Crippen LogP contribution in [0, 0.1) is 5.92 Å². The molecule has 0 bridgehead atoms. The van der Waals surface area contributed by atoms with Crippen molar-refractivity contribution in [2.45, 2.75) is 175 Å². The largest absolute Gasteiger partial charge is 0.504 e. The quantitative estimate of drug-likeness (QED) is 0.110. The number of aromatic hydroxyl groups is 1. The minimum atomic E-state index is -0.244. The summed E-state index contributed by atoms with van der Waals surface area (Å²) in [6, 6.07) is 3.89. The highest BCUT2D eigenvalue weighted by Gasteiger charge is 2.27. The topological polar surface area (TPSA) is 46.5 Å². The number of phenolic OH excluding ortho intramolecular Hbond substituents is 1. The van der Waals surface area contributed by atoms with Gasteiger partial charge in [-0.3, -0.25) is 4.79 Å². The SMILES string of the molecule is CCCCCCCCCCCCCCCCCCC(C)C(=O)Oc1cc(C(C)(C)C)cc(C(C)(C)C)c1O. The molecule has 0 aromatic heterocycles. The number of esters is 1. The first-order chi connectivity index (χ1) is 17.9. The summed E-state index contributed by atoms with van der Waals surface area (Å²) >= 11 is 0. The highest BCUT2D eigenvalue weighted by atomic mass is 16.5. The van der Waals surface area contributed by atoms with Crippen molar-refractivity contribution in [3.63, 3.8) is 0 Å². The number of unbranched alkanes of at least 4 members (excludes halogenated alkanes) is 15. The van der Waals surface area contributed by atoms with Crippen molar-refractivity contribution in [3.8, 4) is 11.5 Å². The molecule has 3 nitrogen and oxygen atoms in total. The maximum atomic E-state index is 12.8. The fraction of sp³-hybridized carbons (Fsp3) is 0.800. The zero-order valence-electron chi connectivity index (χ0n) is 26.5. The van der Waals surface area contributed by atoms with E-state index in [0.29, 0.717) is 5.75 Å². The van der Waals surface area contributed by atoms with Gasteiger partial charge in [-0.05, 0) is 28.9 Å². The van der Waals surface area contributed by atoms with E-state index in [9.17, 15) is 9.90 Å². The number of benzene rings is 1. The summed E-state index contributed by atoms with van der Waals surface area (Å²) < 4.78 is 5.77. The molecule has 3 heteroatoms. The first-order valence-electron chi connectivity index (χ1n) is 16.0. The minimum absolute atomic E-state index is 0.0912. The predicted molar refractivity (Wildman–Crippen MR) is 164 cm³/mol. The average molecular weight is 531 g/mol. The molecule has 0 aliphatic heterocycles. The lowest BCUT2D eigenvalue weighted by Gasteiger charge is -2.27. The Morgan fingerprint density at radius 3 is 1.53 bits per heavy atom. The molecular formula is C35H62O3. The molecule has 0 radical (unpaired) electrons. The summed E-state index contributed by atoms with van der Waals surface area (Å²) in [6.07, 6.45) is 22.4. The van der Waals surface area contributed by atoms with Gasteiger partial charge in [-0.25, -0.2) is 0 Å². The Morgan fingerprint density at radius 2 is 1.13 bits per heavy atom. The van der Waals surface area contributed by atoms with Crippen LogP contribution in [0.3, 0.4) is 0 Å². The molecule has 220 valence electrons. The lowest BCUT2D eigenvalue weighted by Crippen LogP contribution is -2.20. The summed E-state index contributed by atoms with van der Waals surface area (Å²) in [5.74, 6) is -0.0239. The van der Waals surface area contributed by atoms with Crippen molar-refractivity contribution >= 4 is 5.97 Å². The zero-order valence-corrected chi connectivity index (χ0v) is 26.5. The Labute approximate surface area is 236 Å². The molecule has 0 fully saturated rings. The molecule has 1 atom stereocenters. The first kappa shape index (κ1) is 34.5. The number of carbonyl (C=O) groups is 1. The summed E-state index contributed by atoms with van der Waals surface area (Å²) in [4.78, 5) is 12.8. The molecule has 0 saturated carbocycles. The summed E-state index contributed by atoms with van der Waals surface area (Å²) in [7, 11) is 0. The second-order valence-corrected chi connectivity index (χ2v) is 13.8. The van der Waals surface area contributed by atoms with Crippen LogP contribution in [0.1, 0.15) is 176 Å². The van der Waals surface area contributed by atoms with E-state index in [1.54, 1.807) is 0 Å². The Bertz CT molecular complexity index is 782. The molecule has 0 heterocycles. The van der Waals surface area contributed by atoms with E-state index in [4.69, 9.17) is 4.74 Å². The van der Waals surface area contributed by atoms with Gasteiger partial charge in [0.25, 0.3) is 0 Å². The second-order valence-electron chi connectivity index (χ2n) is 13.8. The Kier molecular flexibility index (Phi) is 16.3. The van der Waals surface area contributed by atoms with Crippen LogP contribution in [-0.4, -0.2) is 11.1 Å². The predicted octanol–water partition coefficient (Wildman–Crippen LogP) is 11.2. The maximum absolute atomic E-state index is 12.8. The van der Waals surface area contributed by atoms with Gasteiger partial charge in [0.05, 0.1) is 5.92 Å². The van der Waals surface area contributed by atoms with Gasteiger partial charge in [0.2, 0.25) is 0 Å². The van der Waals surface area contributed by atoms with Crippen molar-refractivity contribution in [1.29, 1.82) is 0 Å². The van der Waals surface area contributed by atoms with E-state index in [1.807, 2.05) is 19.1 Å². The number of hydrogen-bond donors (Lipinski definition) is 1. The number of hydrogen-bond acceptors (Lipinski definition) is 3. The van der Waals surface area contributed by atoms with E-state index in [-0.39, 0.29) is 28.5 Å². The van der Waals surface area contributed by atoms with Gasteiger partial charge < -0.3 is 9.84 Å². The summed E-state index contributed by atoms with van der Waals surface area (Å²) in [5, 5.41) is 10.9. The molecule has 1 unspecified atom stereocenters. The summed E-state index contributed by atoms with van der Waals surface area (Å²) in [5.41, 5.74) is 1.53. The van der Waals surface area contributed by atoms with Gasteiger partial charge in [0.15, 0.2) is 11.5 Å². The molecule has 1 aromatic carbocycles. The standard InChI is InChI=1S/C35H62O3/c1-9-10-11-12-13-14-15-16-17-18-19-20-21-22-23-24-25-28(2)33(37)38-31-27-29(34(3,4)5)26-30(32(31)36)35(6,7)8/h26-28,36H,9-25H2,1-8H3. The minimum Gasteiger partial charge on any atom is -0.504 e. The molecule has 0 amide bonds. The lowest BCUT2D eigenvalue weighted by atomic mass is 9.80. The Balaban J connectivity index is 2.26. The van der Waals surface area contributed by atoms with Crippen molar-refractivity contribution < 1.29 is 14.6 Å². The number of ether oxygens (including phenoxy) is 1. The van der Waals surface area contributed by atoms with Crippen molar-refractivity contribution in [1.82, 2.24) is 0 Å². The third kappa shape index (κ3) is 14.0. The smallest absolute Gasteiger partial charge is 0.314 e. The van der Waals surface area contributed by atoms with Crippen LogP contribution < -0.4 is 4.74 Å². The molecule has 38 heavy (non-hydrogen) atoms. The van der Waals surface area contributed by atoms with E-state index < -0.39 is 0 Å². The maximum Gasteiger partial charge on any atom is 0.314 e. The van der Waals surface area contributed by atoms with Gasteiger partial charge >= 0.3 is 5.97 Å². The first-order valence-corrected chi connectivity index (χ1v) is 16.0. The fourth-order valence-corrected chi connectivity index (χ4v) is 5.02. The van der Waals surface area contributed by atoms with E-state index in [1.165, 1.54) is 96.3 Å². The Hall–Kier alpha value is -1.51. The monoisotopic (exact) mass is 530 g/mol. The summed E-state index contributed by atoms with van der Waals surface area (Å²) in [6.45, 7) is 16.8. The molecule has 0 aliphatic rings. The van der Waals surface area contributed by atoms with E-state index >= 15 is 0 Å². The molecule has 1 rings (SSSR count). The third-order valence-electron chi connectivity index (χ3n) is 7.85. The number of rotatable bonds is 19. The lowest BCUT2D eigenvalue weighted by molar-refractivity contribution is -0.138. The van der Waals surface area contributed by atoms with Crippen LogP contribution in [-0.2, 0) is 15.6 Å². The normalized spacial score (nSPS) is 13.1. The van der Waals surface area contributed by atoms with Crippen molar-refractivity contribution in [2.24, 2.45) is 5.92 Å². The van der Waals surface area contributed by atoms with Crippen molar-refractivity contribution in [2.75, 3.05) is 0 Å². The van der Waals surface area contributed by atoms with Crippen LogP contribution in [0.2, 0.25) is 0 Å². The van der Waals surface area contributed by atoms with Gasteiger partial charge in [0, 0.05) is 5.56 Å². The van der Waals surface area contributed by atoms with Gasteiger partial charge in [0.1, 0.15) is 0 Å². The fourth-order valence-electron chi connectivity index (χ4n) is 5.02. The van der Waals surface area contributed by atoms with Gasteiger partial charge in [-0.1, -0.05) is 164 Å². The molecule has 0 aliphatic carbocycles. The average Bonchev–Trinajstić information content (AvgIpc) is 2.83.